The monoisotopic (exact) mass is 882 g/mol. The van der Waals surface area contributed by atoms with Gasteiger partial charge in [-0.3, -0.25) is 4.98 Å². The lowest BCUT2D eigenvalue weighted by Crippen LogP contribution is -2.44. The van der Waals surface area contributed by atoms with Crippen LogP contribution in [0.1, 0.15) is 148 Å². The second kappa shape index (κ2) is 17.4. The molecule has 3 heterocycles. The average Bonchev–Trinajstić information content (AvgIpc) is 3.21. The maximum Gasteiger partial charge on any atom is 0.416 e. The Morgan fingerprint density at radius 3 is 2.02 bits per heavy atom. The number of nitrogens with zero attached hydrogens (tertiary/aromatic N) is 4. The Kier molecular flexibility index (Phi) is 12.9. The van der Waals surface area contributed by atoms with Crippen molar-refractivity contribution in [3.63, 3.8) is 0 Å². The van der Waals surface area contributed by atoms with Crippen LogP contribution in [0.25, 0.3) is 0 Å². The Bertz CT molecular complexity index is 2160. The van der Waals surface area contributed by atoms with Crippen LogP contribution in [0.3, 0.4) is 0 Å². The first-order valence-electron chi connectivity index (χ1n) is 21.8. The summed E-state index contributed by atoms with van der Waals surface area (Å²) in [5.74, 6) is -1.62. The standard InChI is InChI=1S/C48H60F6N4O3Si/c1-45(2,3)62(7,8)61-36-27-55-44(56-28-36)58-23-19-33(20-24-58)43-41(42(49)32-11-13-34(14-12-32)48(52,53)54)39(31-17-21-47(50,51)22-18-31)40-37(57-43)25-46(4,5)26-38(40)60-29-30-9-15-35(59-6)16-10-30/h9-16,27-28,31,33,38,42H,17-26,29H2,1-8H3/t38-,42?/m0/s1. The van der Waals surface area contributed by atoms with Gasteiger partial charge in [-0.05, 0) is 109 Å². The predicted octanol–water partition coefficient (Wildman–Crippen LogP) is 13.2. The van der Waals surface area contributed by atoms with E-state index in [0.29, 0.717) is 73.0 Å². The summed E-state index contributed by atoms with van der Waals surface area (Å²) in [6, 6.07) is 11.7. The molecule has 336 valence electrons. The SMILES string of the molecule is COc1ccc(CO[C@H]2CC(C)(C)Cc3nc(C4CCN(c5ncc(O[Si](C)(C)C(C)(C)C)cn5)CC4)c(C(F)c4ccc(C(F)(F)F)cc4)c(C4CCC(F)(F)CC4)c32)cc1. The first-order valence-corrected chi connectivity index (χ1v) is 24.7. The number of alkyl halides is 6. The smallest absolute Gasteiger partial charge is 0.416 e. The number of anilines is 1. The highest BCUT2D eigenvalue weighted by Gasteiger charge is 2.45. The Hall–Kier alpha value is -4.17. The topological polar surface area (TPSA) is 69.6 Å². The van der Waals surface area contributed by atoms with Crippen LogP contribution in [-0.4, -0.2) is 49.4 Å². The fraction of sp³-hybridized carbons (Fsp3) is 0.562. The highest BCUT2D eigenvalue weighted by Crippen LogP contribution is 2.53. The number of pyridine rings is 1. The van der Waals surface area contributed by atoms with Crippen molar-refractivity contribution in [2.45, 2.75) is 147 Å². The summed E-state index contributed by atoms with van der Waals surface area (Å²) < 4.78 is 107. The largest absolute Gasteiger partial charge is 0.541 e. The maximum absolute atomic E-state index is 17.9. The van der Waals surface area contributed by atoms with E-state index in [9.17, 15) is 22.0 Å². The summed E-state index contributed by atoms with van der Waals surface area (Å²) in [6.45, 7) is 16.5. The number of rotatable bonds is 11. The maximum atomic E-state index is 17.9. The Labute approximate surface area is 363 Å². The van der Waals surface area contributed by atoms with Gasteiger partial charge in [-0.25, -0.2) is 23.1 Å². The van der Waals surface area contributed by atoms with E-state index in [-0.39, 0.29) is 54.2 Å². The number of halogens is 6. The summed E-state index contributed by atoms with van der Waals surface area (Å²) in [6.07, 6.45) is -1.68. The van der Waals surface area contributed by atoms with Crippen LogP contribution in [0.2, 0.25) is 18.1 Å². The van der Waals surface area contributed by atoms with Crippen LogP contribution in [0.15, 0.2) is 60.9 Å². The van der Waals surface area contributed by atoms with E-state index in [1.54, 1.807) is 19.5 Å². The van der Waals surface area contributed by atoms with Crippen LogP contribution in [0, 0.1) is 5.41 Å². The van der Waals surface area contributed by atoms with Crippen molar-refractivity contribution < 1.29 is 40.2 Å². The molecule has 1 aliphatic heterocycles. The van der Waals surface area contributed by atoms with E-state index in [2.05, 4.69) is 62.6 Å². The molecule has 2 aromatic carbocycles. The van der Waals surface area contributed by atoms with Crippen molar-refractivity contribution in [1.29, 1.82) is 0 Å². The summed E-state index contributed by atoms with van der Waals surface area (Å²) in [5, 5.41) is 0.00510. The molecule has 0 radical (unpaired) electrons. The number of aromatic nitrogens is 3. The number of hydrogen-bond donors (Lipinski definition) is 0. The summed E-state index contributed by atoms with van der Waals surface area (Å²) in [4.78, 5) is 16.8. The van der Waals surface area contributed by atoms with Gasteiger partial charge in [-0.2, -0.15) is 13.2 Å². The highest BCUT2D eigenvalue weighted by atomic mass is 28.4. The van der Waals surface area contributed by atoms with Gasteiger partial charge in [0.25, 0.3) is 8.32 Å². The zero-order chi connectivity index (χ0) is 44.8. The molecule has 1 saturated heterocycles. The van der Waals surface area contributed by atoms with Crippen molar-refractivity contribution in [2.24, 2.45) is 5.41 Å². The number of hydrogen-bond acceptors (Lipinski definition) is 7. The molecule has 1 saturated carbocycles. The van der Waals surface area contributed by atoms with Gasteiger partial charge in [-0.1, -0.05) is 58.9 Å². The van der Waals surface area contributed by atoms with E-state index < -0.39 is 44.2 Å². The van der Waals surface area contributed by atoms with Gasteiger partial charge in [0.15, 0.2) is 6.17 Å². The first-order chi connectivity index (χ1) is 29.0. The number of piperidine rings is 1. The van der Waals surface area contributed by atoms with Crippen LogP contribution >= 0.6 is 0 Å². The number of methoxy groups -OCH3 is 1. The van der Waals surface area contributed by atoms with Gasteiger partial charge in [0, 0.05) is 48.7 Å². The molecule has 7 rings (SSSR count). The van der Waals surface area contributed by atoms with Gasteiger partial charge in [0.2, 0.25) is 11.9 Å². The van der Waals surface area contributed by atoms with Crippen molar-refractivity contribution in [1.82, 2.24) is 15.0 Å². The summed E-state index contributed by atoms with van der Waals surface area (Å²) >= 11 is 0. The van der Waals surface area contributed by atoms with Crippen molar-refractivity contribution >= 4 is 14.3 Å². The molecule has 2 aromatic heterocycles. The number of fused-ring (bicyclic) bond motifs is 1. The van der Waals surface area contributed by atoms with E-state index in [4.69, 9.17) is 18.9 Å². The fourth-order valence-electron chi connectivity index (χ4n) is 9.07. The quantitative estimate of drug-likeness (QED) is 0.110. The lowest BCUT2D eigenvalue weighted by atomic mass is 9.68. The third-order valence-electron chi connectivity index (χ3n) is 13.6. The molecule has 3 aliphatic rings. The third-order valence-corrected chi connectivity index (χ3v) is 18.0. The number of benzene rings is 2. The van der Waals surface area contributed by atoms with E-state index in [0.717, 1.165) is 29.0 Å². The van der Waals surface area contributed by atoms with E-state index >= 15 is 4.39 Å². The summed E-state index contributed by atoms with van der Waals surface area (Å²) in [5.41, 5.74) is 2.82. The Balaban J connectivity index is 1.29. The fourth-order valence-corrected chi connectivity index (χ4v) is 10.1. The zero-order valence-electron chi connectivity index (χ0n) is 37.1. The van der Waals surface area contributed by atoms with Crippen molar-refractivity contribution in [3.8, 4) is 11.5 Å². The van der Waals surface area contributed by atoms with Gasteiger partial charge < -0.3 is 18.8 Å². The molecule has 7 nitrogen and oxygen atoms in total. The van der Waals surface area contributed by atoms with Crippen LogP contribution < -0.4 is 14.1 Å². The molecule has 2 fully saturated rings. The lowest BCUT2D eigenvalue weighted by molar-refractivity contribution is -0.137. The minimum absolute atomic E-state index is 0.00510. The molecule has 0 amide bonds. The molecule has 2 aliphatic carbocycles. The lowest BCUT2D eigenvalue weighted by Gasteiger charge is -2.42. The van der Waals surface area contributed by atoms with Gasteiger partial charge in [-0.15, -0.1) is 0 Å². The molecular formula is C48H60F6N4O3Si. The molecule has 14 heteroatoms. The van der Waals surface area contributed by atoms with Crippen molar-refractivity contribution in [2.75, 3.05) is 25.1 Å². The zero-order valence-corrected chi connectivity index (χ0v) is 38.1. The molecule has 0 spiro atoms. The van der Waals surface area contributed by atoms with Crippen molar-refractivity contribution in [3.05, 3.63) is 106 Å². The predicted molar refractivity (Wildman–Crippen MR) is 231 cm³/mol. The molecular weight excluding hydrogens is 823 g/mol. The first kappa shape index (κ1) is 45.8. The van der Waals surface area contributed by atoms with Gasteiger partial charge >= 0.3 is 6.18 Å². The third kappa shape index (κ3) is 10.1. The number of ether oxygens (including phenoxy) is 2. The molecule has 0 N–H and O–H groups in total. The Morgan fingerprint density at radius 2 is 1.45 bits per heavy atom. The van der Waals surface area contributed by atoms with E-state index in [1.807, 2.05) is 24.3 Å². The Morgan fingerprint density at radius 1 is 0.839 bits per heavy atom. The molecule has 2 atom stereocenters. The van der Waals surface area contributed by atoms with E-state index in [1.165, 1.54) is 12.1 Å². The second-order valence-electron chi connectivity index (χ2n) is 19.8. The molecule has 62 heavy (non-hydrogen) atoms. The van der Waals surface area contributed by atoms with Gasteiger partial charge in [0.05, 0.1) is 43.5 Å². The summed E-state index contributed by atoms with van der Waals surface area (Å²) in [7, 11) is -0.506. The normalized spacial score (nSPS) is 20.4. The second-order valence-corrected chi connectivity index (χ2v) is 24.6. The minimum atomic E-state index is -4.60. The molecule has 0 bridgehead atoms. The van der Waals surface area contributed by atoms with Crippen LogP contribution in [-0.2, 0) is 23.9 Å². The highest BCUT2D eigenvalue weighted by molar-refractivity contribution is 6.74. The molecule has 4 aromatic rings. The minimum Gasteiger partial charge on any atom is -0.541 e. The molecule has 1 unspecified atom stereocenters. The average molecular weight is 883 g/mol. The van der Waals surface area contributed by atoms with Gasteiger partial charge in [0.1, 0.15) is 11.5 Å². The van der Waals surface area contributed by atoms with Crippen LogP contribution in [0.5, 0.6) is 11.5 Å². The van der Waals surface area contributed by atoms with Crippen LogP contribution in [0.4, 0.5) is 32.3 Å².